The van der Waals surface area contributed by atoms with Crippen LogP contribution in [0.2, 0.25) is 0 Å². The molecular weight excluding hydrogens is 128 g/mol. The average Bonchev–Trinajstić information content (AvgIpc) is 2.20. The van der Waals surface area contributed by atoms with Crippen molar-refractivity contribution in [3.05, 3.63) is 12.3 Å². The molecule has 0 amide bonds. The molecule has 1 aliphatic rings. The highest BCUT2D eigenvalue weighted by Gasteiger charge is 2.25. The topological polar surface area (TPSA) is 38.3 Å². The first-order valence-electron chi connectivity index (χ1n) is 3.36. The smallest absolute Gasteiger partial charge is 0.364 e. The SMILES string of the molecule is CC1COC(/C=C/N)=[N+]1C. The van der Waals surface area contributed by atoms with E-state index in [2.05, 4.69) is 11.5 Å². The summed E-state index contributed by atoms with van der Waals surface area (Å²) in [6.07, 6.45) is 3.26. The molecule has 3 heteroatoms. The summed E-state index contributed by atoms with van der Waals surface area (Å²) in [5.41, 5.74) is 5.21. The lowest BCUT2D eigenvalue weighted by atomic mass is 10.4. The van der Waals surface area contributed by atoms with Gasteiger partial charge in [0.05, 0.1) is 6.08 Å². The van der Waals surface area contributed by atoms with E-state index in [0.29, 0.717) is 6.04 Å². The zero-order valence-corrected chi connectivity index (χ0v) is 6.37. The highest BCUT2D eigenvalue weighted by Crippen LogP contribution is 2.01. The normalized spacial score (nSPS) is 26.0. The molecule has 0 radical (unpaired) electrons. The highest BCUT2D eigenvalue weighted by atomic mass is 16.5. The molecule has 0 bridgehead atoms. The monoisotopic (exact) mass is 141 g/mol. The van der Waals surface area contributed by atoms with Crippen molar-refractivity contribution in [3.8, 4) is 0 Å². The number of hydrogen-bond acceptors (Lipinski definition) is 2. The van der Waals surface area contributed by atoms with Crippen molar-refractivity contribution in [3.63, 3.8) is 0 Å². The Hall–Kier alpha value is -0.990. The maximum absolute atomic E-state index is 5.29. The molecule has 0 aromatic carbocycles. The standard InChI is InChI=1S/C7H12N2O/c1-6-5-10-7(3-4-8)9(6)2/h3-4,6,8H,5H2,1-2H3/p+1. The first kappa shape index (κ1) is 7.12. The van der Waals surface area contributed by atoms with Crippen LogP contribution >= 0.6 is 0 Å². The second kappa shape index (κ2) is 2.73. The van der Waals surface area contributed by atoms with E-state index < -0.39 is 0 Å². The maximum Gasteiger partial charge on any atom is 0.364 e. The van der Waals surface area contributed by atoms with Crippen LogP contribution in [-0.4, -0.2) is 30.2 Å². The van der Waals surface area contributed by atoms with Crippen LogP contribution in [0.4, 0.5) is 0 Å². The lowest BCUT2D eigenvalue weighted by Crippen LogP contribution is -2.17. The van der Waals surface area contributed by atoms with Gasteiger partial charge in [-0.1, -0.05) is 0 Å². The van der Waals surface area contributed by atoms with Gasteiger partial charge in [0, 0.05) is 13.1 Å². The van der Waals surface area contributed by atoms with Crippen LogP contribution in [0.1, 0.15) is 6.92 Å². The summed E-state index contributed by atoms with van der Waals surface area (Å²) in [4.78, 5) is 0. The molecule has 0 aromatic heterocycles. The number of likely N-dealkylation sites (N-methyl/N-ethyl adjacent to an activating group) is 1. The largest absolute Gasteiger partial charge is 0.438 e. The van der Waals surface area contributed by atoms with Gasteiger partial charge in [0.25, 0.3) is 0 Å². The van der Waals surface area contributed by atoms with Gasteiger partial charge < -0.3 is 10.5 Å². The Labute approximate surface area is 60.8 Å². The van der Waals surface area contributed by atoms with Crippen molar-refractivity contribution in [2.75, 3.05) is 13.7 Å². The first-order valence-corrected chi connectivity index (χ1v) is 3.36. The second-order valence-corrected chi connectivity index (χ2v) is 2.47. The zero-order valence-electron chi connectivity index (χ0n) is 6.37. The van der Waals surface area contributed by atoms with Gasteiger partial charge in [0.2, 0.25) is 0 Å². The fraction of sp³-hybridized carbons (Fsp3) is 0.571. The van der Waals surface area contributed by atoms with Crippen molar-refractivity contribution in [2.45, 2.75) is 13.0 Å². The summed E-state index contributed by atoms with van der Waals surface area (Å²) in [5.74, 6) is 0.856. The molecule has 0 saturated heterocycles. The summed E-state index contributed by atoms with van der Waals surface area (Å²) in [6, 6.07) is 0.464. The Morgan fingerprint density at radius 1 is 1.80 bits per heavy atom. The van der Waals surface area contributed by atoms with Gasteiger partial charge in [-0.15, -0.1) is 0 Å². The van der Waals surface area contributed by atoms with Crippen molar-refractivity contribution in [1.29, 1.82) is 0 Å². The molecule has 0 spiro atoms. The molecule has 1 atom stereocenters. The predicted octanol–water partition coefficient (Wildman–Crippen LogP) is -0.0817. The molecule has 56 valence electrons. The number of rotatable bonds is 1. The van der Waals surface area contributed by atoms with Gasteiger partial charge >= 0.3 is 5.90 Å². The van der Waals surface area contributed by atoms with E-state index in [9.17, 15) is 0 Å². The van der Waals surface area contributed by atoms with Crippen molar-refractivity contribution >= 4 is 5.90 Å². The van der Waals surface area contributed by atoms with Gasteiger partial charge in [-0.2, -0.15) is 4.58 Å². The summed E-state index contributed by atoms with van der Waals surface area (Å²) in [6.45, 7) is 2.87. The highest BCUT2D eigenvalue weighted by molar-refractivity contribution is 5.83. The van der Waals surface area contributed by atoms with Gasteiger partial charge in [-0.05, 0) is 0 Å². The van der Waals surface area contributed by atoms with Gasteiger partial charge in [0.15, 0.2) is 12.6 Å². The molecule has 0 aliphatic carbocycles. The second-order valence-electron chi connectivity index (χ2n) is 2.47. The lowest BCUT2D eigenvalue weighted by molar-refractivity contribution is -0.522. The van der Waals surface area contributed by atoms with Crippen LogP contribution in [0.25, 0.3) is 0 Å². The molecule has 0 saturated carbocycles. The quantitative estimate of drug-likeness (QED) is 0.519. The molecule has 2 N–H and O–H groups in total. The van der Waals surface area contributed by atoms with Crippen molar-refractivity contribution in [1.82, 2.24) is 0 Å². The fourth-order valence-corrected chi connectivity index (χ4v) is 0.885. The van der Waals surface area contributed by atoms with Crippen LogP contribution in [0.3, 0.4) is 0 Å². The average molecular weight is 141 g/mol. The van der Waals surface area contributed by atoms with Crippen LogP contribution in [0.5, 0.6) is 0 Å². The van der Waals surface area contributed by atoms with E-state index in [-0.39, 0.29) is 0 Å². The number of hydrogen-bond donors (Lipinski definition) is 1. The Balaban J connectivity index is 2.75. The molecule has 1 rings (SSSR count). The molecule has 1 heterocycles. The molecule has 0 aromatic rings. The third-order valence-corrected chi connectivity index (χ3v) is 1.72. The Morgan fingerprint density at radius 3 is 2.90 bits per heavy atom. The molecule has 0 fully saturated rings. The molecule has 3 nitrogen and oxygen atoms in total. The molecule has 1 unspecified atom stereocenters. The van der Waals surface area contributed by atoms with Crippen LogP contribution in [-0.2, 0) is 4.74 Å². The first-order chi connectivity index (χ1) is 4.75. The lowest BCUT2D eigenvalue weighted by Gasteiger charge is -1.91. The summed E-state index contributed by atoms with van der Waals surface area (Å²) >= 11 is 0. The summed E-state index contributed by atoms with van der Waals surface area (Å²) in [5, 5.41) is 0. The fourth-order valence-electron chi connectivity index (χ4n) is 0.885. The molecule has 10 heavy (non-hydrogen) atoms. The van der Waals surface area contributed by atoms with E-state index in [0.717, 1.165) is 12.5 Å². The Morgan fingerprint density at radius 2 is 2.50 bits per heavy atom. The van der Waals surface area contributed by atoms with Crippen LogP contribution in [0, 0.1) is 0 Å². The predicted molar refractivity (Wildman–Crippen MR) is 39.9 cm³/mol. The Bertz CT molecular complexity index is 184. The van der Waals surface area contributed by atoms with Gasteiger partial charge in [-0.3, -0.25) is 0 Å². The van der Waals surface area contributed by atoms with E-state index >= 15 is 0 Å². The summed E-state index contributed by atoms with van der Waals surface area (Å²) < 4.78 is 7.35. The van der Waals surface area contributed by atoms with E-state index in [1.54, 1.807) is 6.08 Å². The summed E-state index contributed by atoms with van der Waals surface area (Å²) in [7, 11) is 1.99. The Kier molecular flexibility index (Phi) is 1.94. The minimum Gasteiger partial charge on any atom is -0.438 e. The van der Waals surface area contributed by atoms with Crippen LogP contribution in [0.15, 0.2) is 12.3 Å². The van der Waals surface area contributed by atoms with Crippen LogP contribution < -0.4 is 5.73 Å². The minimum atomic E-state index is 0.464. The van der Waals surface area contributed by atoms with E-state index in [1.165, 1.54) is 6.20 Å². The number of ether oxygens (including phenoxy) is 1. The van der Waals surface area contributed by atoms with E-state index in [4.69, 9.17) is 10.5 Å². The van der Waals surface area contributed by atoms with Crippen molar-refractivity contribution in [2.24, 2.45) is 5.73 Å². The van der Waals surface area contributed by atoms with E-state index in [1.807, 2.05) is 7.05 Å². The molecular formula is C7H13N2O+. The zero-order chi connectivity index (χ0) is 7.56. The molecule has 1 aliphatic heterocycles. The van der Waals surface area contributed by atoms with Gasteiger partial charge in [0.1, 0.15) is 7.05 Å². The van der Waals surface area contributed by atoms with Crippen molar-refractivity contribution < 1.29 is 9.31 Å². The number of nitrogens with zero attached hydrogens (tertiary/aromatic N) is 1. The minimum absolute atomic E-state index is 0.464. The third kappa shape index (κ3) is 1.12. The maximum atomic E-state index is 5.29. The number of nitrogens with two attached hydrogens (primary N) is 1. The third-order valence-electron chi connectivity index (χ3n) is 1.72. The van der Waals surface area contributed by atoms with Gasteiger partial charge in [-0.25, -0.2) is 0 Å².